The number of hydrogen-bond acceptors (Lipinski definition) is 4. The predicted molar refractivity (Wildman–Crippen MR) is 116 cm³/mol. The SMILES string of the molecule is CCCCCn1c(C(C)C)nc2cc3c(Nc4ccc(F)cc4)ncnc3cc21. The highest BCUT2D eigenvalue weighted by Crippen LogP contribution is 2.30. The van der Waals surface area contributed by atoms with Crippen molar-refractivity contribution in [3.63, 3.8) is 0 Å². The number of halogens is 1. The van der Waals surface area contributed by atoms with Gasteiger partial charge in [0.15, 0.2) is 0 Å². The molecule has 5 nitrogen and oxygen atoms in total. The first-order valence-electron chi connectivity index (χ1n) is 10.2. The first kappa shape index (κ1) is 19.3. The first-order chi connectivity index (χ1) is 14.1. The maximum absolute atomic E-state index is 13.2. The van der Waals surface area contributed by atoms with Gasteiger partial charge in [-0.25, -0.2) is 19.3 Å². The molecule has 2 aromatic heterocycles. The summed E-state index contributed by atoms with van der Waals surface area (Å²) in [6.07, 6.45) is 5.10. The summed E-state index contributed by atoms with van der Waals surface area (Å²) in [6.45, 7) is 7.54. The monoisotopic (exact) mass is 391 g/mol. The molecule has 0 aliphatic carbocycles. The van der Waals surface area contributed by atoms with E-state index in [1.807, 2.05) is 0 Å². The van der Waals surface area contributed by atoms with Crippen molar-refractivity contribution in [2.24, 2.45) is 0 Å². The van der Waals surface area contributed by atoms with Gasteiger partial charge >= 0.3 is 0 Å². The molecule has 29 heavy (non-hydrogen) atoms. The summed E-state index contributed by atoms with van der Waals surface area (Å²) in [7, 11) is 0. The highest BCUT2D eigenvalue weighted by Gasteiger charge is 2.16. The molecular formula is C23H26FN5. The van der Waals surface area contributed by atoms with Gasteiger partial charge in [0.05, 0.1) is 16.6 Å². The molecule has 0 bridgehead atoms. The Hall–Kier alpha value is -3.02. The van der Waals surface area contributed by atoms with E-state index in [0.29, 0.717) is 11.7 Å². The highest BCUT2D eigenvalue weighted by molar-refractivity contribution is 5.99. The minimum Gasteiger partial charge on any atom is -0.340 e. The van der Waals surface area contributed by atoms with Crippen molar-refractivity contribution in [3.8, 4) is 0 Å². The van der Waals surface area contributed by atoms with Gasteiger partial charge in [0.25, 0.3) is 0 Å². The fourth-order valence-electron chi connectivity index (χ4n) is 3.66. The largest absolute Gasteiger partial charge is 0.340 e. The second kappa shape index (κ2) is 8.15. The van der Waals surface area contributed by atoms with Crippen LogP contribution in [0.4, 0.5) is 15.9 Å². The molecule has 0 atom stereocenters. The summed E-state index contributed by atoms with van der Waals surface area (Å²) >= 11 is 0. The van der Waals surface area contributed by atoms with E-state index in [1.54, 1.807) is 18.5 Å². The summed E-state index contributed by atoms with van der Waals surface area (Å²) < 4.78 is 15.5. The third-order valence-electron chi connectivity index (χ3n) is 5.14. The molecule has 0 radical (unpaired) electrons. The molecule has 0 saturated carbocycles. The van der Waals surface area contributed by atoms with Gasteiger partial charge in [0.2, 0.25) is 0 Å². The van der Waals surface area contributed by atoms with Gasteiger partial charge in [0.1, 0.15) is 23.8 Å². The zero-order valence-electron chi connectivity index (χ0n) is 17.1. The van der Waals surface area contributed by atoms with Crippen molar-refractivity contribution in [2.45, 2.75) is 52.5 Å². The summed E-state index contributed by atoms with van der Waals surface area (Å²) in [5, 5.41) is 4.17. The van der Waals surface area contributed by atoms with E-state index >= 15 is 0 Å². The summed E-state index contributed by atoms with van der Waals surface area (Å²) in [4.78, 5) is 13.8. The lowest BCUT2D eigenvalue weighted by Crippen LogP contribution is -2.05. The molecule has 0 amide bonds. The van der Waals surface area contributed by atoms with E-state index < -0.39 is 0 Å². The van der Waals surface area contributed by atoms with E-state index in [0.717, 1.165) is 46.4 Å². The van der Waals surface area contributed by atoms with Crippen molar-refractivity contribution >= 4 is 33.4 Å². The van der Waals surface area contributed by atoms with E-state index in [2.05, 4.69) is 52.8 Å². The minimum atomic E-state index is -0.264. The minimum absolute atomic E-state index is 0.264. The number of aryl methyl sites for hydroxylation is 1. The third-order valence-corrected chi connectivity index (χ3v) is 5.14. The summed E-state index contributed by atoms with van der Waals surface area (Å²) in [5.74, 6) is 1.87. The van der Waals surface area contributed by atoms with Gasteiger partial charge in [0, 0.05) is 23.5 Å². The lowest BCUT2D eigenvalue weighted by atomic mass is 10.2. The van der Waals surface area contributed by atoms with Crippen LogP contribution in [0, 0.1) is 5.82 Å². The molecular weight excluding hydrogens is 365 g/mol. The van der Waals surface area contributed by atoms with Crippen LogP contribution in [0.5, 0.6) is 0 Å². The smallest absolute Gasteiger partial charge is 0.141 e. The van der Waals surface area contributed by atoms with E-state index in [9.17, 15) is 4.39 Å². The average Bonchev–Trinajstić information content (AvgIpc) is 3.07. The maximum atomic E-state index is 13.2. The first-order valence-corrected chi connectivity index (χ1v) is 10.2. The molecule has 150 valence electrons. The Morgan fingerprint density at radius 3 is 2.55 bits per heavy atom. The molecule has 1 N–H and O–H groups in total. The van der Waals surface area contributed by atoms with Crippen LogP contribution in [0.25, 0.3) is 21.9 Å². The molecule has 6 heteroatoms. The van der Waals surface area contributed by atoms with Crippen molar-refractivity contribution < 1.29 is 4.39 Å². The molecule has 0 fully saturated rings. The number of nitrogens with one attached hydrogen (secondary N) is 1. The maximum Gasteiger partial charge on any atom is 0.141 e. The second-order valence-electron chi connectivity index (χ2n) is 7.70. The van der Waals surface area contributed by atoms with Gasteiger partial charge in [-0.3, -0.25) is 0 Å². The summed E-state index contributed by atoms with van der Waals surface area (Å²) in [6, 6.07) is 10.4. The molecule has 2 heterocycles. The van der Waals surface area contributed by atoms with Crippen LogP contribution in [-0.4, -0.2) is 19.5 Å². The molecule has 2 aromatic carbocycles. The van der Waals surface area contributed by atoms with Gasteiger partial charge in [-0.05, 0) is 42.8 Å². The zero-order valence-corrected chi connectivity index (χ0v) is 17.1. The Bertz CT molecular complexity index is 1130. The van der Waals surface area contributed by atoms with E-state index in [1.165, 1.54) is 25.0 Å². The summed E-state index contributed by atoms with van der Waals surface area (Å²) in [5.41, 5.74) is 3.71. The lowest BCUT2D eigenvalue weighted by molar-refractivity contribution is 0.576. The Morgan fingerprint density at radius 1 is 1.03 bits per heavy atom. The van der Waals surface area contributed by atoms with Gasteiger partial charge < -0.3 is 9.88 Å². The predicted octanol–water partition coefficient (Wildman–Crippen LogP) is 6.18. The normalized spacial score (nSPS) is 11.6. The van der Waals surface area contributed by atoms with Crippen LogP contribution in [-0.2, 0) is 6.54 Å². The number of rotatable bonds is 7. The quantitative estimate of drug-likeness (QED) is 0.382. The number of imidazole rings is 1. The van der Waals surface area contributed by atoms with Crippen molar-refractivity contribution in [1.82, 2.24) is 19.5 Å². The molecule has 0 aliphatic heterocycles. The standard InChI is InChI=1S/C23H26FN5/c1-4-5-6-11-29-21-13-19-18(12-20(21)28-23(29)15(2)3)22(26-14-25-19)27-17-9-7-16(24)8-10-17/h7-10,12-15H,4-6,11H2,1-3H3,(H,25,26,27). The number of benzene rings is 2. The number of hydrogen-bond donors (Lipinski definition) is 1. The van der Waals surface area contributed by atoms with E-state index in [4.69, 9.17) is 4.98 Å². The molecule has 4 rings (SSSR count). The number of aromatic nitrogens is 4. The second-order valence-corrected chi connectivity index (χ2v) is 7.70. The molecule has 0 saturated heterocycles. The highest BCUT2D eigenvalue weighted by atomic mass is 19.1. The Kier molecular flexibility index (Phi) is 5.43. The van der Waals surface area contributed by atoms with Crippen LogP contribution in [0.3, 0.4) is 0 Å². The van der Waals surface area contributed by atoms with Crippen molar-refractivity contribution in [1.29, 1.82) is 0 Å². The topological polar surface area (TPSA) is 55.6 Å². The number of unbranched alkanes of at least 4 members (excludes halogenated alkanes) is 2. The zero-order chi connectivity index (χ0) is 20.4. The molecule has 0 aliphatic rings. The third kappa shape index (κ3) is 3.92. The lowest BCUT2D eigenvalue weighted by Gasteiger charge is -2.12. The van der Waals surface area contributed by atoms with Crippen molar-refractivity contribution in [2.75, 3.05) is 5.32 Å². The van der Waals surface area contributed by atoms with Crippen molar-refractivity contribution in [3.05, 3.63) is 54.4 Å². The number of nitrogens with zero attached hydrogens (tertiary/aromatic N) is 4. The Morgan fingerprint density at radius 2 is 1.83 bits per heavy atom. The number of anilines is 2. The molecule has 0 spiro atoms. The van der Waals surface area contributed by atoms with Crippen LogP contribution in [0.2, 0.25) is 0 Å². The average molecular weight is 391 g/mol. The fourth-order valence-corrected chi connectivity index (χ4v) is 3.66. The molecule has 4 aromatic rings. The van der Waals surface area contributed by atoms with E-state index in [-0.39, 0.29) is 5.82 Å². The van der Waals surface area contributed by atoms with Crippen LogP contribution in [0.1, 0.15) is 51.8 Å². The Labute approximate surface area is 170 Å². The van der Waals surface area contributed by atoms with Crippen LogP contribution in [0.15, 0.2) is 42.7 Å². The molecule has 0 unspecified atom stereocenters. The van der Waals surface area contributed by atoms with Gasteiger partial charge in [-0.1, -0.05) is 33.6 Å². The van der Waals surface area contributed by atoms with Crippen LogP contribution < -0.4 is 5.32 Å². The van der Waals surface area contributed by atoms with Crippen LogP contribution >= 0.6 is 0 Å². The number of fused-ring (bicyclic) bond motifs is 2. The van der Waals surface area contributed by atoms with Gasteiger partial charge in [-0.15, -0.1) is 0 Å². The fraction of sp³-hybridized carbons (Fsp3) is 0.348. The van der Waals surface area contributed by atoms with Gasteiger partial charge in [-0.2, -0.15) is 0 Å². The Balaban J connectivity index is 1.80.